The Morgan fingerprint density at radius 3 is 2.21 bits per heavy atom. The number of hydrogen-bond donors (Lipinski definition) is 10. The van der Waals surface area contributed by atoms with Crippen molar-refractivity contribution in [2.45, 2.75) is 194 Å². The molecule has 1 unspecified atom stereocenters. The summed E-state index contributed by atoms with van der Waals surface area (Å²) in [5.74, 6) is 1.80. The van der Waals surface area contributed by atoms with Crippen LogP contribution in [0.4, 0.5) is 31.8 Å². The highest BCUT2D eigenvalue weighted by Gasteiger charge is 2.50. The van der Waals surface area contributed by atoms with Crippen molar-refractivity contribution in [2.24, 2.45) is 46.5 Å². The van der Waals surface area contributed by atoms with Crippen molar-refractivity contribution in [1.29, 1.82) is 5.41 Å². The summed E-state index contributed by atoms with van der Waals surface area (Å²) in [6, 6.07) is 26.9. The number of unbranched alkanes of at least 4 members (excludes halogenated alkanes) is 1. The van der Waals surface area contributed by atoms with E-state index in [0.29, 0.717) is 77.6 Å². The van der Waals surface area contributed by atoms with E-state index in [2.05, 4.69) is 134 Å². The Hall–Kier alpha value is -10.7. The monoisotopic (exact) mass is 1780 g/mol. The summed E-state index contributed by atoms with van der Waals surface area (Å²) in [4.78, 5) is 98.6. The van der Waals surface area contributed by atoms with E-state index in [1.807, 2.05) is 94.4 Å². The van der Waals surface area contributed by atoms with Crippen LogP contribution in [-0.4, -0.2) is 169 Å². The number of nitrogens with two attached hydrogens (primary N) is 3. The van der Waals surface area contributed by atoms with Gasteiger partial charge in [0.15, 0.2) is 18.3 Å². The van der Waals surface area contributed by atoms with Crippen molar-refractivity contribution < 1.29 is 56.9 Å². The van der Waals surface area contributed by atoms with Crippen LogP contribution in [0.25, 0.3) is 11.0 Å². The van der Waals surface area contributed by atoms with E-state index in [-0.39, 0.29) is 52.2 Å². The number of carbonyl (C=O) groups excluding carboxylic acids is 5. The molecule has 10 atom stereocenters. The number of imidazole rings is 1. The zero-order chi connectivity index (χ0) is 88.3. The summed E-state index contributed by atoms with van der Waals surface area (Å²) >= 11 is 2.16. The Bertz CT molecular complexity index is 4990. The van der Waals surface area contributed by atoms with E-state index >= 15 is 0 Å². The number of nitrogens with one attached hydrogen (secondary N) is 5. The minimum atomic E-state index is -3.88. The van der Waals surface area contributed by atoms with Gasteiger partial charge in [-0.3, -0.25) is 24.9 Å². The first kappa shape index (κ1) is 96.5. The average Bonchev–Trinajstić information content (AvgIpc) is 1.44. The lowest BCUT2D eigenvalue weighted by Crippen LogP contribution is -2.51. The number of aliphatic hydroxyl groups excluding tert-OH is 1. The Balaban J connectivity index is 0.000000210. The molecule has 1 aliphatic heterocycles. The zero-order valence-electron chi connectivity index (χ0n) is 71.1. The average molecular weight is 1780 g/mol. The lowest BCUT2D eigenvalue weighted by molar-refractivity contribution is -0.159. The highest BCUT2D eigenvalue weighted by atomic mass is 127. The Morgan fingerprint density at radius 2 is 1.57 bits per heavy atom. The third-order valence-electron chi connectivity index (χ3n) is 22.1. The first-order valence-electron chi connectivity index (χ1n) is 40.7. The van der Waals surface area contributed by atoms with E-state index in [9.17, 15) is 52.2 Å². The first-order valence-corrected chi connectivity index (χ1v) is 43.2. The molecule has 11 rings (SSSR count). The van der Waals surface area contributed by atoms with Crippen LogP contribution in [0, 0.1) is 64.8 Å². The summed E-state index contributed by atoms with van der Waals surface area (Å²) in [6.45, 7) is 29.4. The molecular formula is C88H120IN17O13S. The number of carbonyl (C=O) groups is 6. The van der Waals surface area contributed by atoms with Crippen LogP contribution < -0.4 is 44.2 Å². The molecule has 3 fully saturated rings. The van der Waals surface area contributed by atoms with Crippen LogP contribution in [-0.2, 0) is 28.9 Å². The number of halogens is 1. The number of para-hydroxylation sites is 3. The summed E-state index contributed by atoms with van der Waals surface area (Å²) in [6.07, 6.45) is 23.3. The number of carboxylic acid groups (broad SMARTS) is 1. The van der Waals surface area contributed by atoms with Crippen molar-refractivity contribution >= 4 is 103 Å². The number of guanidine groups is 1. The molecule has 4 aliphatic rings. The second-order valence-corrected chi connectivity index (χ2v) is 34.1. The molecule has 30 nitrogen and oxygen atoms in total. The summed E-state index contributed by atoms with van der Waals surface area (Å²) < 4.78 is 40.1. The number of aromatic nitrogens is 7. The molecule has 648 valence electrons. The normalized spacial score (nSPS) is 20.1. The van der Waals surface area contributed by atoms with Gasteiger partial charge in [0.25, 0.3) is 11.1 Å². The second kappa shape index (κ2) is 45.6. The number of benzene rings is 4. The van der Waals surface area contributed by atoms with Gasteiger partial charge in [-0.05, 0) is 222 Å². The number of hydrogen-bond acceptors (Lipinski definition) is 19. The number of methoxy groups -OCH3 is 1. The SMILES string of the molecule is C=C1CC[C@H](O)C/C1=C/C=C1\CCC[C@]2(C)[C@@H]([C@H](C)/C=C/[C@H](C)C(C)C)CC[C@@H]12.CCCCNC(=O)n1c(NC(=O)OC)nc2ccccc21.CCN(CC)C(=O)n1cnc(S(=O)(=O)c2c(C)cc(C)cc2C)n1.CN(CCC(N)CC(=O)N[C@H]1C=C[C@H](n2ccc(N)nc2=O)O[C@@H]1C(=O)O)C(=N)N.O=C(Nc1ccccc1)c1ccccc1I. The molecule has 3 aromatic heterocycles. The number of aliphatic hydroxyl groups is 1. The largest absolute Gasteiger partial charge is 0.479 e. The number of aryl methyl sites for hydroxylation is 3. The fourth-order valence-corrected chi connectivity index (χ4v) is 17.2. The number of aliphatic carboxylic acids is 1. The number of sulfone groups is 1. The third-order valence-corrected chi connectivity index (χ3v) is 24.8. The predicted octanol–water partition coefficient (Wildman–Crippen LogP) is 13.9. The van der Waals surface area contributed by atoms with Gasteiger partial charge in [-0.25, -0.2) is 46.9 Å². The molecule has 5 amide bonds. The van der Waals surface area contributed by atoms with Gasteiger partial charge in [0.1, 0.15) is 12.1 Å². The minimum Gasteiger partial charge on any atom is -0.479 e. The number of anilines is 3. The van der Waals surface area contributed by atoms with E-state index in [1.54, 1.807) is 50.7 Å². The fourth-order valence-electron chi connectivity index (χ4n) is 15.1. The van der Waals surface area contributed by atoms with Gasteiger partial charge in [-0.2, -0.15) is 9.67 Å². The number of amides is 5. The van der Waals surface area contributed by atoms with Crippen molar-refractivity contribution in [3.63, 3.8) is 0 Å². The van der Waals surface area contributed by atoms with Crippen molar-refractivity contribution in [3.05, 3.63) is 206 Å². The van der Waals surface area contributed by atoms with E-state index in [4.69, 9.17) is 27.3 Å². The summed E-state index contributed by atoms with van der Waals surface area (Å²) in [5.41, 5.74) is 25.6. The predicted molar refractivity (Wildman–Crippen MR) is 476 cm³/mol. The van der Waals surface area contributed by atoms with Crippen LogP contribution in [0.3, 0.4) is 0 Å². The smallest absolute Gasteiger partial charge is 0.413 e. The van der Waals surface area contributed by atoms with Crippen LogP contribution in [0.1, 0.15) is 166 Å². The quantitative estimate of drug-likeness (QED) is 0.00935. The maximum atomic E-state index is 12.9. The molecule has 3 saturated carbocycles. The minimum absolute atomic E-state index is 0.0294. The summed E-state index contributed by atoms with van der Waals surface area (Å²) in [5, 5.41) is 41.0. The zero-order valence-corrected chi connectivity index (χ0v) is 74.1. The lowest BCUT2D eigenvalue weighted by Gasteiger charge is -2.44. The van der Waals surface area contributed by atoms with Gasteiger partial charge in [0.2, 0.25) is 21.7 Å². The molecule has 4 aromatic carbocycles. The number of nitrogen functional groups attached to an aromatic ring is 1. The van der Waals surface area contributed by atoms with E-state index in [1.165, 1.54) is 89.1 Å². The molecule has 0 bridgehead atoms. The highest BCUT2D eigenvalue weighted by molar-refractivity contribution is 14.1. The lowest BCUT2D eigenvalue weighted by atomic mass is 9.61. The van der Waals surface area contributed by atoms with Crippen molar-refractivity contribution in [3.8, 4) is 0 Å². The van der Waals surface area contributed by atoms with Gasteiger partial charge >= 0.3 is 29.8 Å². The van der Waals surface area contributed by atoms with Gasteiger partial charge in [0.05, 0.1) is 40.7 Å². The van der Waals surface area contributed by atoms with Gasteiger partial charge in [-0.1, -0.05) is 156 Å². The molecule has 3 aliphatic carbocycles. The number of ether oxygens (including phenoxy) is 2. The van der Waals surface area contributed by atoms with Crippen LogP contribution in [0.15, 0.2) is 184 Å². The topological polar surface area (TPSA) is 435 Å². The molecule has 13 N–H and O–H groups in total. The Kier molecular flexibility index (Phi) is 36.7. The van der Waals surface area contributed by atoms with E-state index < -0.39 is 63.9 Å². The maximum absolute atomic E-state index is 12.9. The Morgan fingerprint density at radius 1 is 0.892 bits per heavy atom. The molecule has 0 radical (unpaired) electrons. The highest BCUT2D eigenvalue weighted by Crippen LogP contribution is 2.59. The van der Waals surface area contributed by atoms with Gasteiger partial charge in [-0.15, -0.1) is 5.10 Å². The number of fused-ring (bicyclic) bond motifs is 2. The third kappa shape index (κ3) is 26.7. The number of allylic oxidation sites excluding steroid dienone is 6. The van der Waals surface area contributed by atoms with Crippen molar-refractivity contribution in [1.82, 2.24) is 54.3 Å². The van der Waals surface area contributed by atoms with Crippen molar-refractivity contribution in [2.75, 3.05) is 56.7 Å². The standard InChI is InChI=1S/C28H44O.C17H26N8O5.C16H22N4O3S.C14H18N4O3.C13H10INO/c1-19(2)20(3)9-10-22(5)26-15-16-27-23(8-7-17-28(26,27)6)12-13-24-18-25(29)14-11-21(24)4;1-24(16(20)21)6-4-9(18)8-12(26)22-10-2-3-13(30-14(10)15(27)28)25-7-5-11(19)23-17(25)29;1-6-19(7-2)16(21)20-10-17-15(18-20)24(22,23)14-12(4)8-11(3)9-13(14)5;1-3-4-9-15-13(19)18-11-8-6-5-7-10(11)16-12(18)17-14(20)21-2;14-12-9-5-4-8-11(12)13(16)15-10-6-2-1-3-7-10/h9-10,12-13,19-20,22,25-27,29H,4,7-8,11,14-18H2,1-3,5-6H3;2-3,5,7,9-10,13-14H,4,6,8,18H2,1H3,(H3,20,21)(H,22,26)(H,27,28)(H2,19,23,29);8-10H,6-7H2,1-5H3;5-8H,3-4,9H2,1-2H3,(H,15,19)(H,16,17,20);1-9H,(H,15,16)/b10-9+,23-12+,24-13-;;;;/t20-,22+,25-,26+,27-,28+;9?,10-,13+,14-;;;/m00.../s1. The van der Waals surface area contributed by atoms with Gasteiger partial charge in [0, 0.05) is 61.1 Å². The molecule has 0 saturated heterocycles. The fraction of sp³-hybridized carbons (Fsp3) is 0.455. The number of rotatable bonds is 23. The molecule has 32 heteroatoms. The number of nitrogens with zero attached hydrogens (tertiary/aromatic N) is 9. The molecule has 120 heavy (non-hydrogen) atoms. The summed E-state index contributed by atoms with van der Waals surface area (Å²) in [7, 11) is -0.995. The first-order chi connectivity index (χ1) is 57.0. The van der Waals surface area contributed by atoms with Crippen LogP contribution >= 0.6 is 22.6 Å². The number of carboxylic acids is 1. The molecular weight excluding hydrogens is 1660 g/mol. The molecule has 4 heterocycles. The molecule has 0 spiro atoms. The van der Waals surface area contributed by atoms with Crippen LogP contribution in [0.5, 0.6) is 0 Å². The van der Waals surface area contributed by atoms with E-state index in [0.717, 1.165) is 80.3 Å². The Labute approximate surface area is 717 Å². The van der Waals surface area contributed by atoms with Gasteiger partial charge < -0.3 is 62.6 Å². The second-order valence-electron chi connectivity index (χ2n) is 31.2. The maximum Gasteiger partial charge on any atom is 0.413 e. The molecule has 7 aromatic rings. The van der Waals surface area contributed by atoms with Crippen LogP contribution in [0.2, 0.25) is 0 Å².